The van der Waals surface area contributed by atoms with E-state index in [1.807, 2.05) is 42.5 Å². The zero-order valence-electron chi connectivity index (χ0n) is 11.8. The third kappa shape index (κ3) is 2.12. The molecule has 1 aromatic heterocycles. The van der Waals surface area contributed by atoms with E-state index in [4.69, 9.17) is 15.2 Å². The Morgan fingerprint density at radius 2 is 1.43 bits per heavy atom. The van der Waals surface area contributed by atoms with Crippen molar-refractivity contribution in [3.8, 4) is 22.8 Å². The van der Waals surface area contributed by atoms with Crippen LogP contribution >= 0.6 is 0 Å². The minimum atomic E-state index is 0.406. The molecule has 0 unspecified atom stereocenters. The highest BCUT2D eigenvalue weighted by Gasteiger charge is 2.17. The van der Waals surface area contributed by atoms with Gasteiger partial charge >= 0.3 is 0 Å². The molecule has 0 spiro atoms. The van der Waals surface area contributed by atoms with Crippen LogP contribution in [0.2, 0.25) is 0 Å². The summed E-state index contributed by atoms with van der Waals surface area (Å²) < 4.78 is 10.9. The fraction of sp³-hybridized carbons (Fsp3) is 0.125. The molecule has 3 aromatic rings. The second-order valence-corrected chi connectivity index (χ2v) is 4.52. The van der Waals surface area contributed by atoms with Crippen LogP contribution in [0.1, 0.15) is 0 Å². The van der Waals surface area contributed by atoms with Crippen molar-refractivity contribution in [2.45, 2.75) is 0 Å². The number of hydrogen-bond donors (Lipinski definition) is 1. The Labute approximate surface area is 122 Å². The van der Waals surface area contributed by atoms with Crippen LogP contribution in [0, 0.1) is 0 Å². The first-order valence-corrected chi connectivity index (χ1v) is 6.48. The van der Waals surface area contributed by atoms with Gasteiger partial charge in [0.05, 0.1) is 19.8 Å². The van der Waals surface area contributed by atoms with E-state index in [2.05, 4.69) is 10.2 Å². The number of rotatable bonds is 3. The molecule has 1 heterocycles. The average Bonchev–Trinajstić information content (AvgIpc) is 2.55. The molecular weight excluding hydrogens is 266 g/mol. The number of ether oxygens (including phenoxy) is 2. The zero-order chi connectivity index (χ0) is 14.8. The molecular formula is C16H15N3O2. The lowest BCUT2D eigenvalue weighted by Gasteiger charge is -2.14. The third-order valence-corrected chi connectivity index (χ3v) is 3.38. The molecule has 0 saturated carbocycles. The van der Waals surface area contributed by atoms with Crippen LogP contribution in [-0.2, 0) is 0 Å². The summed E-state index contributed by atoms with van der Waals surface area (Å²) >= 11 is 0. The fourth-order valence-electron chi connectivity index (χ4n) is 2.39. The molecule has 0 atom stereocenters. The van der Waals surface area contributed by atoms with Gasteiger partial charge in [-0.25, -0.2) is 0 Å². The minimum absolute atomic E-state index is 0.406. The Morgan fingerprint density at radius 3 is 2.05 bits per heavy atom. The number of fused-ring (bicyclic) bond motifs is 1. The summed E-state index contributed by atoms with van der Waals surface area (Å²) in [4.78, 5) is 0. The number of anilines is 1. The van der Waals surface area contributed by atoms with Crippen LogP contribution in [-0.4, -0.2) is 24.4 Å². The molecule has 0 radical (unpaired) electrons. The minimum Gasteiger partial charge on any atom is -0.496 e. The van der Waals surface area contributed by atoms with Gasteiger partial charge in [0, 0.05) is 10.8 Å². The molecule has 0 bridgehead atoms. The van der Waals surface area contributed by atoms with E-state index in [9.17, 15) is 0 Å². The van der Waals surface area contributed by atoms with Crippen molar-refractivity contribution in [2.75, 3.05) is 20.0 Å². The summed E-state index contributed by atoms with van der Waals surface area (Å²) in [5.41, 5.74) is 7.37. The second-order valence-electron chi connectivity index (χ2n) is 4.52. The van der Waals surface area contributed by atoms with E-state index in [1.165, 1.54) is 0 Å². The topological polar surface area (TPSA) is 70.3 Å². The van der Waals surface area contributed by atoms with E-state index in [0.717, 1.165) is 16.3 Å². The molecule has 5 heteroatoms. The molecule has 0 aliphatic heterocycles. The Bertz CT molecular complexity index is 780. The highest BCUT2D eigenvalue weighted by atomic mass is 16.5. The van der Waals surface area contributed by atoms with Crippen LogP contribution in [0.3, 0.4) is 0 Å². The normalized spacial score (nSPS) is 10.6. The van der Waals surface area contributed by atoms with Crippen LogP contribution in [0.5, 0.6) is 11.5 Å². The van der Waals surface area contributed by atoms with E-state index in [1.54, 1.807) is 14.2 Å². The second kappa shape index (κ2) is 5.28. The first kappa shape index (κ1) is 13.2. The smallest absolute Gasteiger partial charge is 0.154 e. The lowest BCUT2D eigenvalue weighted by atomic mass is 10.0. The van der Waals surface area contributed by atoms with Gasteiger partial charge in [0.25, 0.3) is 0 Å². The Morgan fingerprint density at radius 1 is 0.810 bits per heavy atom. The van der Waals surface area contributed by atoms with Gasteiger partial charge in [0.1, 0.15) is 17.2 Å². The number of nitrogens with two attached hydrogens (primary N) is 1. The SMILES string of the molecule is COc1cccc(OC)c1-c1nnc(N)c2ccccc12. The summed E-state index contributed by atoms with van der Waals surface area (Å²) in [6.07, 6.45) is 0. The number of hydrogen-bond acceptors (Lipinski definition) is 5. The highest BCUT2D eigenvalue weighted by molar-refractivity contribution is 6.01. The summed E-state index contributed by atoms with van der Waals surface area (Å²) in [5, 5.41) is 10.1. The molecule has 5 nitrogen and oxygen atoms in total. The van der Waals surface area contributed by atoms with Gasteiger partial charge in [0.2, 0.25) is 0 Å². The largest absolute Gasteiger partial charge is 0.496 e. The molecule has 2 aromatic carbocycles. The van der Waals surface area contributed by atoms with Crippen molar-refractivity contribution in [2.24, 2.45) is 0 Å². The van der Waals surface area contributed by atoms with E-state index >= 15 is 0 Å². The third-order valence-electron chi connectivity index (χ3n) is 3.38. The Balaban J connectivity index is 2.39. The van der Waals surface area contributed by atoms with Crippen molar-refractivity contribution >= 4 is 16.6 Å². The summed E-state index contributed by atoms with van der Waals surface area (Å²) in [7, 11) is 3.23. The standard InChI is InChI=1S/C16H15N3O2/c1-20-12-8-5-9-13(21-2)14(12)15-10-6-3-4-7-11(10)16(17)19-18-15/h3-9H,1-2H3,(H2,17,19). The predicted molar refractivity (Wildman–Crippen MR) is 82.5 cm³/mol. The van der Waals surface area contributed by atoms with Gasteiger partial charge in [-0.2, -0.15) is 0 Å². The number of aromatic nitrogens is 2. The molecule has 0 fully saturated rings. The summed E-state index contributed by atoms with van der Waals surface area (Å²) in [5.74, 6) is 1.76. The maximum atomic E-state index is 5.91. The van der Waals surface area contributed by atoms with Crippen LogP contribution in [0.25, 0.3) is 22.0 Å². The molecule has 0 amide bonds. The van der Waals surface area contributed by atoms with Crippen molar-refractivity contribution in [1.29, 1.82) is 0 Å². The molecule has 0 aliphatic carbocycles. The number of nitrogens with zero attached hydrogens (tertiary/aromatic N) is 2. The summed E-state index contributed by atoms with van der Waals surface area (Å²) in [6.45, 7) is 0. The molecule has 0 saturated heterocycles. The first-order chi connectivity index (χ1) is 10.3. The van der Waals surface area contributed by atoms with Crippen molar-refractivity contribution in [3.63, 3.8) is 0 Å². The van der Waals surface area contributed by atoms with Crippen molar-refractivity contribution in [1.82, 2.24) is 10.2 Å². The van der Waals surface area contributed by atoms with Gasteiger partial charge in [-0.1, -0.05) is 30.3 Å². The molecule has 106 valence electrons. The van der Waals surface area contributed by atoms with Gasteiger partial charge < -0.3 is 15.2 Å². The van der Waals surface area contributed by atoms with Gasteiger partial charge in [-0.05, 0) is 12.1 Å². The lowest BCUT2D eigenvalue weighted by Crippen LogP contribution is -2.00. The van der Waals surface area contributed by atoms with E-state index < -0.39 is 0 Å². The van der Waals surface area contributed by atoms with Crippen LogP contribution < -0.4 is 15.2 Å². The van der Waals surface area contributed by atoms with Crippen LogP contribution in [0.4, 0.5) is 5.82 Å². The van der Waals surface area contributed by atoms with Gasteiger partial charge in [-0.3, -0.25) is 0 Å². The number of benzene rings is 2. The quantitative estimate of drug-likeness (QED) is 0.799. The van der Waals surface area contributed by atoms with Gasteiger partial charge in [0.15, 0.2) is 5.82 Å². The van der Waals surface area contributed by atoms with E-state index in [0.29, 0.717) is 23.0 Å². The van der Waals surface area contributed by atoms with Crippen molar-refractivity contribution in [3.05, 3.63) is 42.5 Å². The monoisotopic (exact) mass is 281 g/mol. The molecule has 2 N–H and O–H groups in total. The average molecular weight is 281 g/mol. The number of nitrogen functional groups attached to an aromatic ring is 1. The number of methoxy groups -OCH3 is 2. The van der Waals surface area contributed by atoms with Crippen LogP contribution in [0.15, 0.2) is 42.5 Å². The fourth-order valence-corrected chi connectivity index (χ4v) is 2.39. The molecule has 3 rings (SSSR count). The highest BCUT2D eigenvalue weighted by Crippen LogP contribution is 2.40. The van der Waals surface area contributed by atoms with Gasteiger partial charge in [-0.15, -0.1) is 10.2 Å². The lowest BCUT2D eigenvalue weighted by molar-refractivity contribution is 0.397. The summed E-state index contributed by atoms with van der Waals surface area (Å²) in [6, 6.07) is 13.3. The molecule has 0 aliphatic rings. The Kier molecular flexibility index (Phi) is 3.31. The molecule has 21 heavy (non-hydrogen) atoms. The Hall–Kier alpha value is -2.82. The van der Waals surface area contributed by atoms with E-state index in [-0.39, 0.29) is 0 Å². The maximum absolute atomic E-state index is 5.91. The maximum Gasteiger partial charge on any atom is 0.154 e. The first-order valence-electron chi connectivity index (χ1n) is 6.48. The van der Waals surface area contributed by atoms with Crippen molar-refractivity contribution < 1.29 is 9.47 Å². The zero-order valence-corrected chi connectivity index (χ0v) is 11.8. The predicted octanol–water partition coefficient (Wildman–Crippen LogP) is 2.90.